The first-order valence-corrected chi connectivity index (χ1v) is 22.6. The highest BCUT2D eigenvalue weighted by molar-refractivity contribution is 6.00. The maximum atomic E-state index is 15.8. The van der Waals surface area contributed by atoms with Gasteiger partial charge in [0.25, 0.3) is 0 Å². The minimum atomic E-state index is -0.964. The number of nitrogens with zero attached hydrogens (tertiary/aromatic N) is 2. The molecule has 292 valence electrons. The minimum Gasteiger partial charge on any atom is -0.449 e. The Morgan fingerprint density at radius 2 is 1.89 bits per heavy atom. The highest BCUT2D eigenvalue weighted by Gasteiger charge is 2.93. The van der Waals surface area contributed by atoms with Crippen LogP contribution in [0.15, 0.2) is 76.8 Å². The Balaban J connectivity index is 1.13. The van der Waals surface area contributed by atoms with Gasteiger partial charge in [-0.05, 0) is 142 Å². The lowest BCUT2D eigenvalue weighted by molar-refractivity contribution is -0.280. The van der Waals surface area contributed by atoms with Crippen molar-refractivity contribution in [1.29, 1.82) is 0 Å². The Morgan fingerprint density at radius 1 is 1.00 bits per heavy atom. The lowest BCUT2D eigenvalue weighted by Gasteiger charge is -2.73. The number of allylic oxidation sites excluding steroid dienone is 5. The van der Waals surface area contributed by atoms with Gasteiger partial charge in [-0.1, -0.05) is 61.9 Å². The highest BCUT2D eigenvalue weighted by atomic mass is 16.6. The fourth-order valence-corrected chi connectivity index (χ4v) is 16.9. The van der Waals surface area contributed by atoms with Crippen molar-refractivity contribution in [2.24, 2.45) is 69.8 Å². The van der Waals surface area contributed by atoms with Crippen molar-refractivity contribution < 1.29 is 19.1 Å². The van der Waals surface area contributed by atoms with Crippen LogP contribution in [0, 0.1) is 64.1 Å². The number of esters is 2. The van der Waals surface area contributed by atoms with Crippen LogP contribution in [-0.2, 0) is 26.3 Å². The second-order valence-electron chi connectivity index (χ2n) is 20.7. The molecule has 0 radical (unpaired) electrons. The first-order valence-electron chi connectivity index (χ1n) is 22.6. The van der Waals surface area contributed by atoms with Crippen molar-refractivity contribution in [1.82, 2.24) is 9.80 Å². The van der Waals surface area contributed by atoms with Gasteiger partial charge < -0.3 is 20.1 Å². The third-order valence-corrected chi connectivity index (χ3v) is 18.7. The molecule has 7 heteroatoms. The number of piperidine rings is 3. The molecule has 8 heterocycles. The van der Waals surface area contributed by atoms with Gasteiger partial charge in [-0.2, -0.15) is 0 Å². The Kier molecular flexibility index (Phi) is 6.58. The molecule has 14 rings (SSSR count). The summed E-state index contributed by atoms with van der Waals surface area (Å²) in [5.41, 5.74) is 12.3. The summed E-state index contributed by atoms with van der Waals surface area (Å²) in [6, 6.07) is 7.80. The molecule has 1 saturated carbocycles. The van der Waals surface area contributed by atoms with Gasteiger partial charge in [0.2, 0.25) is 0 Å². The van der Waals surface area contributed by atoms with Crippen molar-refractivity contribution in [2.45, 2.75) is 109 Å². The molecule has 0 aromatic heterocycles. The molecular formula is C49H57N3O4. The van der Waals surface area contributed by atoms with E-state index in [1.807, 2.05) is 0 Å². The molecule has 5 aliphatic carbocycles. The molecule has 2 N–H and O–H groups in total. The molecule has 13 aliphatic rings. The summed E-state index contributed by atoms with van der Waals surface area (Å²) in [6.07, 6.45) is 22.4. The van der Waals surface area contributed by atoms with Crippen LogP contribution in [-0.4, -0.2) is 59.5 Å². The van der Waals surface area contributed by atoms with Crippen molar-refractivity contribution >= 4 is 11.9 Å². The molecule has 1 unspecified atom stereocenters. The van der Waals surface area contributed by atoms with Gasteiger partial charge in [0.15, 0.2) is 5.60 Å². The second kappa shape index (κ2) is 11.0. The largest absolute Gasteiger partial charge is 0.449 e. The number of carbonyl (C=O) groups is 2. The molecular weight excluding hydrogens is 695 g/mol. The Morgan fingerprint density at radius 3 is 2.77 bits per heavy atom. The molecule has 56 heavy (non-hydrogen) atoms. The summed E-state index contributed by atoms with van der Waals surface area (Å²) in [6.45, 7) is 10.2. The molecule has 0 amide bonds. The van der Waals surface area contributed by atoms with Crippen LogP contribution in [0.5, 0.6) is 0 Å². The van der Waals surface area contributed by atoms with Gasteiger partial charge >= 0.3 is 11.9 Å². The average molecular weight is 752 g/mol. The quantitative estimate of drug-likeness (QED) is 0.252. The van der Waals surface area contributed by atoms with Crippen molar-refractivity contribution in [3.8, 4) is 0 Å². The van der Waals surface area contributed by atoms with Crippen molar-refractivity contribution in [3.05, 3.63) is 93.4 Å². The number of hydrogen-bond donors (Lipinski definition) is 1. The first kappa shape index (κ1) is 33.5. The molecule has 7 nitrogen and oxygen atoms in total. The zero-order valence-electron chi connectivity index (χ0n) is 33.3. The monoisotopic (exact) mass is 751 g/mol. The summed E-state index contributed by atoms with van der Waals surface area (Å²) in [4.78, 5) is 36.3. The van der Waals surface area contributed by atoms with E-state index >= 15 is 4.79 Å². The number of aryl methyl sites for hydroxylation is 1. The maximum absolute atomic E-state index is 15.8. The van der Waals surface area contributed by atoms with Crippen LogP contribution in [0.1, 0.15) is 100 Å². The van der Waals surface area contributed by atoms with Gasteiger partial charge in [0, 0.05) is 48.3 Å². The third-order valence-electron chi connectivity index (χ3n) is 18.7. The maximum Gasteiger partial charge on any atom is 0.339 e. The van der Waals surface area contributed by atoms with E-state index in [2.05, 4.69) is 79.2 Å². The molecule has 4 saturated heterocycles. The molecule has 1 aromatic carbocycles. The molecule has 3 spiro atoms. The van der Waals surface area contributed by atoms with Gasteiger partial charge in [-0.25, -0.2) is 4.79 Å². The summed E-state index contributed by atoms with van der Waals surface area (Å²) >= 11 is 0. The summed E-state index contributed by atoms with van der Waals surface area (Å²) in [5, 5.41) is 0. The van der Waals surface area contributed by atoms with E-state index in [0.29, 0.717) is 54.3 Å². The summed E-state index contributed by atoms with van der Waals surface area (Å²) in [7, 11) is 0. The van der Waals surface area contributed by atoms with Crippen LogP contribution in [0.3, 0.4) is 0 Å². The smallest absolute Gasteiger partial charge is 0.339 e. The molecule has 5 fully saturated rings. The lowest BCUT2D eigenvalue weighted by Crippen LogP contribution is -2.78. The lowest BCUT2D eigenvalue weighted by atomic mass is 9.27. The Hall–Kier alpha value is -3.42. The van der Waals surface area contributed by atoms with E-state index < -0.39 is 16.4 Å². The Labute approximate surface area is 331 Å². The number of fused-ring (bicyclic) bond motifs is 4. The van der Waals surface area contributed by atoms with Crippen LogP contribution in [0.4, 0.5) is 0 Å². The molecule has 8 aliphatic heterocycles. The van der Waals surface area contributed by atoms with Gasteiger partial charge in [0.05, 0.1) is 17.0 Å². The normalized spacial score (nSPS) is 50.6. The summed E-state index contributed by atoms with van der Waals surface area (Å²) < 4.78 is 14.2. The van der Waals surface area contributed by atoms with E-state index in [0.717, 1.165) is 86.9 Å². The van der Waals surface area contributed by atoms with E-state index in [1.54, 1.807) is 16.8 Å². The van der Waals surface area contributed by atoms with E-state index in [1.165, 1.54) is 18.4 Å². The van der Waals surface area contributed by atoms with Crippen molar-refractivity contribution in [3.63, 3.8) is 0 Å². The fraction of sp³-hybridized carbons (Fsp3) is 0.633. The van der Waals surface area contributed by atoms with Crippen molar-refractivity contribution in [2.75, 3.05) is 19.6 Å². The minimum absolute atomic E-state index is 0.0590. The predicted octanol–water partition coefficient (Wildman–Crippen LogP) is 7.59. The number of benzene rings is 1. The van der Waals surface area contributed by atoms with E-state index in [-0.39, 0.29) is 35.6 Å². The zero-order chi connectivity index (χ0) is 37.6. The van der Waals surface area contributed by atoms with Gasteiger partial charge in [-0.3, -0.25) is 9.69 Å². The van der Waals surface area contributed by atoms with Crippen LogP contribution in [0.2, 0.25) is 0 Å². The zero-order valence-corrected chi connectivity index (χ0v) is 33.3. The fourth-order valence-electron chi connectivity index (χ4n) is 16.9. The average Bonchev–Trinajstić information content (AvgIpc) is 3.63. The van der Waals surface area contributed by atoms with E-state index in [4.69, 9.17) is 15.2 Å². The van der Waals surface area contributed by atoms with E-state index in [9.17, 15) is 4.79 Å². The molecule has 10 bridgehead atoms. The topological polar surface area (TPSA) is 85.1 Å². The predicted molar refractivity (Wildman–Crippen MR) is 212 cm³/mol. The second-order valence-corrected chi connectivity index (χ2v) is 20.7. The van der Waals surface area contributed by atoms with Crippen LogP contribution < -0.4 is 5.73 Å². The highest BCUT2D eigenvalue weighted by Crippen LogP contribution is 2.88. The SMILES string of the molecule is C[C@@H]1/C=C\[C@@H]2C[C@H]3[C@@H]4C5=C2[C@]26C(=O)O/C(=C\[C@@H]7CC[C@H]8[C@H]9C[C@@H](CN8[C@H]7C)[C@@H]7C=CC(=C4N7C9)C[C@@H]3C)[C@@]2(CC5)[C@]2(OC(=O)c3c(CCCN)cccc32)[C@H]6C1. The number of ether oxygens (including phenoxy) is 2. The number of carbonyl (C=O) groups excluding carboxylic acids is 2. The van der Waals surface area contributed by atoms with Crippen LogP contribution in [0.25, 0.3) is 0 Å². The number of rotatable bonds is 3. The first-order chi connectivity index (χ1) is 27.2. The Bertz CT molecular complexity index is 2180. The molecule has 1 aromatic rings. The van der Waals surface area contributed by atoms with Crippen LogP contribution >= 0.6 is 0 Å². The molecule has 16 atom stereocenters. The van der Waals surface area contributed by atoms with Gasteiger partial charge in [0.1, 0.15) is 11.2 Å². The van der Waals surface area contributed by atoms with Gasteiger partial charge in [-0.15, -0.1) is 0 Å². The standard InChI is InChI=1S/C49H57N3O4/c1-25-9-10-30-21-35-26(2)19-31-12-14-38-32-20-33-24-52(38)44(31)42(35)34-15-16-47-40(22-29-11-13-37(33)51(23-32)27(29)3)55-46(54)48(47,43(30)34)39(18-25)49(47)36-8-4-6-28(7-5-17-50)41(36)45(53)56-49/h4,6,8-10,12,14,22,25-27,29-30,32-33,35,37-39,42H,5,7,11,13,15-21,23-24,50H2,1-3H3/b10-9-,40-22-/t25-,26+,27+,29+,30-,32+,33+,35-,37+,38+,39+,42+,47-,48-,49-/m1/s1. The number of hydrogen-bond acceptors (Lipinski definition) is 7. The third kappa shape index (κ3) is 3.57. The number of nitrogens with two attached hydrogens (primary N) is 1. The summed E-state index contributed by atoms with van der Waals surface area (Å²) in [5.74, 6) is 3.74.